The SMILES string of the molecule is Cc1ccc(Nc2ccnc3c(F)cccc23)c(C)c1. The normalized spacial score (nSPS) is 10.8. The molecule has 0 unspecified atom stereocenters. The first-order chi connectivity index (χ1) is 9.65. The van der Waals surface area contributed by atoms with Crippen LogP contribution in [0.5, 0.6) is 0 Å². The largest absolute Gasteiger partial charge is 0.355 e. The maximum atomic E-state index is 13.7. The molecule has 0 aliphatic carbocycles. The minimum absolute atomic E-state index is 0.299. The Kier molecular flexibility index (Phi) is 3.11. The lowest BCUT2D eigenvalue weighted by molar-refractivity contribution is 0.637. The fraction of sp³-hybridized carbons (Fsp3) is 0.118. The number of anilines is 2. The number of aromatic nitrogens is 1. The zero-order valence-corrected chi connectivity index (χ0v) is 11.4. The Morgan fingerprint density at radius 1 is 1.00 bits per heavy atom. The zero-order valence-electron chi connectivity index (χ0n) is 11.4. The first-order valence-corrected chi connectivity index (χ1v) is 6.52. The Hall–Kier alpha value is -2.42. The number of pyridine rings is 1. The molecule has 2 nitrogen and oxygen atoms in total. The molecular formula is C17H15FN2. The summed E-state index contributed by atoms with van der Waals surface area (Å²) >= 11 is 0. The standard InChI is InChI=1S/C17H15FN2/c1-11-6-7-15(12(2)10-11)20-16-8-9-19-17-13(16)4-3-5-14(17)18/h3-10H,1-2H3,(H,19,20). The van der Waals surface area contributed by atoms with Gasteiger partial charge >= 0.3 is 0 Å². The highest BCUT2D eigenvalue weighted by molar-refractivity contribution is 5.93. The van der Waals surface area contributed by atoms with Crippen LogP contribution in [-0.2, 0) is 0 Å². The van der Waals surface area contributed by atoms with E-state index in [-0.39, 0.29) is 5.82 Å². The summed E-state index contributed by atoms with van der Waals surface area (Å²) in [5.74, 6) is -0.299. The molecule has 0 spiro atoms. The second-order valence-corrected chi connectivity index (χ2v) is 4.94. The van der Waals surface area contributed by atoms with E-state index in [0.29, 0.717) is 5.52 Å². The van der Waals surface area contributed by atoms with Gasteiger partial charge in [0.25, 0.3) is 0 Å². The highest BCUT2D eigenvalue weighted by Crippen LogP contribution is 2.28. The zero-order chi connectivity index (χ0) is 14.1. The molecule has 3 rings (SSSR count). The van der Waals surface area contributed by atoms with Gasteiger partial charge < -0.3 is 5.32 Å². The van der Waals surface area contributed by atoms with Gasteiger partial charge in [0.2, 0.25) is 0 Å². The number of nitrogens with one attached hydrogen (secondary N) is 1. The molecular weight excluding hydrogens is 251 g/mol. The molecule has 3 aromatic rings. The van der Waals surface area contributed by atoms with Crippen molar-refractivity contribution in [2.24, 2.45) is 0 Å². The molecule has 3 heteroatoms. The lowest BCUT2D eigenvalue weighted by Gasteiger charge is -2.12. The molecule has 0 saturated carbocycles. The lowest BCUT2D eigenvalue weighted by Crippen LogP contribution is -1.96. The number of para-hydroxylation sites is 1. The Morgan fingerprint density at radius 3 is 2.65 bits per heavy atom. The molecule has 1 N–H and O–H groups in total. The molecule has 0 atom stereocenters. The molecule has 0 aliphatic rings. The molecule has 0 amide bonds. The fourth-order valence-corrected chi connectivity index (χ4v) is 2.35. The Morgan fingerprint density at radius 2 is 1.85 bits per heavy atom. The summed E-state index contributed by atoms with van der Waals surface area (Å²) in [5, 5.41) is 4.15. The quantitative estimate of drug-likeness (QED) is 0.725. The molecule has 20 heavy (non-hydrogen) atoms. The number of hydrogen-bond donors (Lipinski definition) is 1. The van der Waals surface area contributed by atoms with E-state index in [1.54, 1.807) is 12.3 Å². The molecule has 0 aliphatic heterocycles. The van der Waals surface area contributed by atoms with E-state index < -0.39 is 0 Å². The van der Waals surface area contributed by atoms with Crippen molar-refractivity contribution in [2.45, 2.75) is 13.8 Å². The average Bonchev–Trinajstić information content (AvgIpc) is 2.43. The third-order valence-electron chi connectivity index (χ3n) is 3.37. The van der Waals surface area contributed by atoms with E-state index in [4.69, 9.17) is 0 Å². The molecule has 1 aromatic heterocycles. The maximum absolute atomic E-state index is 13.7. The van der Waals surface area contributed by atoms with E-state index in [0.717, 1.165) is 22.3 Å². The van der Waals surface area contributed by atoms with Gasteiger partial charge in [-0.3, -0.25) is 4.98 Å². The number of nitrogens with zero attached hydrogens (tertiary/aromatic N) is 1. The van der Waals surface area contributed by atoms with Gasteiger partial charge in [0.15, 0.2) is 0 Å². The summed E-state index contributed by atoms with van der Waals surface area (Å²) in [7, 11) is 0. The number of hydrogen-bond acceptors (Lipinski definition) is 2. The molecule has 0 saturated heterocycles. The van der Waals surface area contributed by atoms with Crippen molar-refractivity contribution in [1.82, 2.24) is 4.98 Å². The number of aryl methyl sites for hydroxylation is 2. The van der Waals surface area contributed by atoms with Crippen LogP contribution in [0.15, 0.2) is 48.7 Å². The topological polar surface area (TPSA) is 24.9 Å². The molecule has 0 radical (unpaired) electrons. The molecule has 100 valence electrons. The highest BCUT2D eigenvalue weighted by Gasteiger charge is 2.07. The monoisotopic (exact) mass is 266 g/mol. The third kappa shape index (κ3) is 2.23. The van der Waals surface area contributed by atoms with E-state index in [1.165, 1.54) is 11.6 Å². The number of fused-ring (bicyclic) bond motifs is 1. The predicted molar refractivity (Wildman–Crippen MR) is 80.9 cm³/mol. The Bertz CT molecular complexity index is 781. The van der Waals surface area contributed by atoms with E-state index in [2.05, 4.69) is 36.3 Å². The number of rotatable bonds is 2. The van der Waals surface area contributed by atoms with Crippen molar-refractivity contribution in [3.05, 3.63) is 65.6 Å². The van der Waals surface area contributed by atoms with Crippen molar-refractivity contribution >= 4 is 22.3 Å². The smallest absolute Gasteiger partial charge is 0.149 e. The molecule has 0 bridgehead atoms. The lowest BCUT2D eigenvalue weighted by atomic mass is 10.1. The fourth-order valence-electron chi connectivity index (χ4n) is 2.35. The maximum Gasteiger partial charge on any atom is 0.149 e. The average molecular weight is 266 g/mol. The van der Waals surface area contributed by atoms with Crippen LogP contribution in [0.2, 0.25) is 0 Å². The van der Waals surface area contributed by atoms with E-state index in [1.807, 2.05) is 18.2 Å². The Labute approximate surface area is 117 Å². The van der Waals surface area contributed by atoms with Gasteiger partial charge in [0.1, 0.15) is 11.3 Å². The molecule has 2 aromatic carbocycles. The minimum atomic E-state index is -0.299. The first-order valence-electron chi connectivity index (χ1n) is 6.52. The van der Waals surface area contributed by atoms with Gasteiger partial charge in [-0.2, -0.15) is 0 Å². The summed E-state index contributed by atoms with van der Waals surface area (Å²) in [6, 6.07) is 13.1. The van der Waals surface area contributed by atoms with Crippen molar-refractivity contribution in [3.8, 4) is 0 Å². The van der Waals surface area contributed by atoms with Crippen molar-refractivity contribution in [3.63, 3.8) is 0 Å². The van der Waals surface area contributed by atoms with Crippen LogP contribution in [-0.4, -0.2) is 4.98 Å². The summed E-state index contributed by atoms with van der Waals surface area (Å²) in [5.41, 5.74) is 4.65. The van der Waals surface area contributed by atoms with E-state index in [9.17, 15) is 4.39 Å². The van der Waals surface area contributed by atoms with Crippen LogP contribution in [0.1, 0.15) is 11.1 Å². The summed E-state index contributed by atoms with van der Waals surface area (Å²) < 4.78 is 13.7. The van der Waals surface area contributed by atoms with Crippen molar-refractivity contribution < 1.29 is 4.39 Å². The van der Waals surface area contributed by atoms with Crippen molar-refractivity contribution in [1.29, 1.82) is 0 Å². The van der Waals surface area contributed by atoms with E-state index >= 15 is 0 Å². The summed E-state index contributed by atoms with van der Waals surface area (Å²) in [4.78, 5) is 4.10. The van der Waals surface area contributed by atoms with Crippen LogP contribution in [0.25, 0.3) is 10.9 Å². The summed E-state index contributed by atoms with van der Waals surface area (Å²) in [6.45, 7) is 4.12. The van der Waals surface area contributed by atoms with Gasteiger partial charge in [-0.05, 0) is 37.6 Å². The second kappa shape index (κ2) is 4.93. The van der Waals surface area contributed by atoms with Gasteiger partial charge in [-0.1, -0.05) is 29.8 Å². The van der Waals surface area contributed by atoms with Gasteiger partial charge in [-0.25, -0.2) is 4.39 Å². The van der Waals surface area contributed by atoms with Gasteiger partial charge in [0, 0.05) is 23.0 Å². The van der Waals surface area contributed by atoms with Crippen LogP contribution in [0, 0.1) is 19.7 Å². The predicted octanol–water partition coefficient (Wildman–Crippen LogP) is 4.73. The third-order valence-corrected chi connectivity index (χ3v) is 3.37. The van der Waals surface area contributed by atoms with Gasteiger partial charge in [-0.15, -0.1) is 0 Å². The highest BCUT2D eigenvalue weighted by atomic mass is 19.1. The van der Waals surface area contributed by atoms with Crippen LogP contribution < -0.4 is 5.32 Å². The van der Waals surface area contributed by atoms with Gasteiger partial charge in [0.05, 0.1) is 0 Å². The van der Waals surface area contributed by atoms with Crippen molar-refractivity contribution in [2.75, 3.05) is 5.32 Å². The molecule has 0 fully saturated rings. The van der Waals surface area contributed by atoms with Crippen LogP contribution >= 0.6 is 0 Å². The Balaban J connectivity index is 2.09. The summed E-state index contributed by atoms with van der Waals surface area (Å²) in [6.07, 6.45) is 1.62. The van der Waals surface area contributed by atoms with Crippen LogP contribution in [0.3, 0.4) is 0 Å². The minimum Gasteiger partial charge on any atom is -0.355 e. The second-order valence-electron chi connectivity index (χ2n) is 4.94. The first kappa shape index (κ1) is 12.6. The number of halogens is 1. The molecule has 1 heterocycles. The van der Waals surface area contributed by atoms with Crippen LogP contribution in [0.4, 0.5) is 15.8 Å². The number of benzene rings is 2.